The maximum atomic E-state index is 6.24. The van der Waals surface area contributed by atoms with E-state index in [9.17, 15) is 0 Å². The Balaban J connectivity index is 2.23. The van der Waals surface area contributed by atoms with Gasteiger partial charge in [-0.25, -0.2) is 0 Å². The quantitative estimate of drug-likeness (QED) is 0.920. The predicted octanol–water partition coefficient (Wildman–Crippen LogP) is 3.37. The molecule has 3 nitrogen and oxygen atoms in total. The largest absolute Gasteiger partial charge is 0.368 e. The first-order valence-electron chi connectivity index (χ1n) is 7.87. The number of nitrogens with zero attached hydrogens (tertiary/aromatic N) is 2. The Morgan fingerprint density at radius 2 is 1.86 bits per heavy atom. The molecular weight excluding hydrogens is 282 g/mol. The van der Waals surface area contributed by atoms with Crippen LogP contribution in [0, 0.1) is 0 Å². The van der Waals surface area contributed by atoms with Crippen LogP contribution >= 0.6 is 11.6 Å². The lowest BCUT2D eigenvalue weighted by Crippen LogP contribution is -2.55. The second-order valence-electron chi connectivity index (χ2n) is 6.58. The maximum absolute atomic E-state index is 6.24. The Hall–Kier alpha value is -0.770. The van der Waals surface area contributed by atoms with Crippen LogP contribution in [-0.2, 0) is 6.54 Å². The SMILES string of the molecule is CC(C)NCc1ccc(Cl)cc1N1CC(C)N(C)C(C)C1. The molecule has 118 valence electrons. The molecule has 1 saturated heterocycles. The van der Waals surface area contributed by atoms with E-state index < -0.39 is 0 Å². The molecule has 1 aromatic carbocycles. The number of hydrogen-bond acceptors (Lipinski definition) is 3. The molecule has 4 heteroatoms. The third-order valence-electron chi connectivity index (χ3n) is 4.45. The summed E-state index contributed by atoms with van der Waals surface area (Å²) in [5, 5.41) is 4.33. The van der Waals surface area contributed by atoms with E-state index in [1.54, 1.807) is 0 Å². The summed E-state index contributed by atoms with van der Waals surface area (Å²) >= 11 is 6.24. The van der Waals surface area contributed by atoms with Gasteiger partial charge in [-0.05, 0) is 38.6 Å². The number of halogens is 1. The third-order valence-corrected chi connectivity index (χ3v) is 4.68. The van der Waals surface area contributed by atoms with E-state index in [2.05, 4.69) is 62.0 Å². The zero-order valence-electron chi connectivity index (χ0n) is 13.9. The Bertz CT molecular complexity index is 463. The van der Waals surface area contributed by atoms with Crippen LogP contribution in [-0.4, -0.2) is 43.2 Å². The van der Waals surface area contributed by atoms with E-state index >= 15 is 0 Å². The molecule has 0 radical (unpaired) electrons. The van der Waals surface area contributed by atoms with Crippen molar-refractivity contribution in [2.24, 2.45) is 0 Å². The molecule has 0 amide bonds. The first-order valence-corrected chi connectivity index (χ1v) is 8.25. The molecule has 0 spiro atoms. The van der Waals surface area contributed by atoms with Crippen LogP contribution in [0.15, 0.2) is 18.2 Å². The van der Waals surface area contributed by atoms with Crippen LogP contribution in [0.5, 0.6) is 0 Å². The highest BCUT2D eigenvalue weighted by molar-refractivity contribution is 6.30. The van der Waals surface area contributed by atoms with Crippen LogP contribution < -0.4 is 10.2 Å². The zero-order chi connectivity index (χ0) is 15.6. The van der Waals surface area contributed by atoms with Crippen molar-refractivity contribution in [3.63, 3.8) is 0 Å². The molecule has 0 aromatic heterocycles. The van der Waals surface area contributed by atoms with Gasteiger partial charge in [0.15, 0.2) is 0 Å². The fourth-order valence-corrected chi connectivity index (χ4v) is 3.06. The van der Waals surface area contributed by atoms with Crippen molar-refractivity contribution in [2.75, 3.05) is 25.0 Å². The molecule has 0 aliphatic carbocycles. The van der Waals surface area contributed by atoms with Crippen molar-refractivity contribution in [3.05, 3.63) is 28.8 Å². The van der Waals surface area contributed by atoms with Crippen LogP contribution in [0.2, 0.25) is 5.02 Å². The lowest BCUT2D eigenvalue weighted by Gasteiger charge is -2.44. The first-order chi connectivity index (χ1) is 9.88. The Morgan fingerprint density at radius 1 is 1.24 bits per heavy atom. The van der Waals surface area contributed by atoms with E-state index in [4.69, 9.17) is 11.6 Å². The van der Waals surface area contributed by atoms with E-state index in [-0.39, 0.29) is 0 Å². The topological polar surface area (TPSA) is 18.5 Å². The number of piperazine rings is 1. The number of anilines is 1. The van der Waals surface area contributed by atoms with Crippen LogP contribution in [0.1, 0.15) is 33.3 Å². The van der Waals surface area contributed by atoms with Gasteiger partial charge < -0.3 is 10.2 Å². The molecule has 2 rings (SSSR count). The highest BCUT2D eigenvalue weighted by atomic mass is 35.5. The second-order valence-corrected chi connectivity index (χ2v) is 7.01. The van der Waals surface area contributed by atoms with Gasteiger partial charge in [0.05, 0.1) is 0 Å². The lowest BCUT2D eigenvalue weighted by molar-refractivity contribution is 0.170. The van der Waals surface area contributed by atoms with Crippen LogP contribution in [0.3, 0.4) is 0 Å². The second kappa shape index (κ2) is 6.99. The Labute approximate surface area is 134 Å². The highest BCUT2D eigenvalue weighted by Gasteiger charge is 2.27. The monoisotopic (exact) mass is 309 g/mol. The number of nitrogens with one attached hydrogen (secondary N) is 1. The fourth-order valence-electron chi connectivity index (χ4n) is 2.90. The molecule has 2 unspecified atom stereocenters. The summed E-state index contributed by atoms with van der Waals surface area (Å²) in [6.45, 7) is 11.9. The Morgan fingerprint density at radius 3 is 2.43 bits per heavy atom. The molecular formula is C17H28ClN3. The summed E-state index contributed by atoms with van der Waals surface area (Å²) in [7, 11) is 2.21. The fraction of sp³-hybridized carbons (Fsp3) is 0.647. The maximum Gasteiger partial charge on any atom is 0.0427 e. The minimum atomic E-state index is 0.485. The van der Waals surface area contributed by atoms with Gasteiger partial charge in [-0.2, -0.15) is 0 Å². The molecule has 0 bridgehead atoms. The highest BCUT2D eigenvalue weighted by Crippen LogP contribution is 2.28. The van der Waals surface area contributed by atoms with Crippen molar-refractivity contribution >= 4 is 17.3 Å². The van der Waals surface area contributed by atoms with Gasteiger partial charge in [0, 0.05) is 48.5 Å². The van der Waals surface area contributed by atoms with Gasteiger partial charge in [-0.15, -0.1) is 0 Å². The summed E-state index contributed by atoms with van der Waals surface area (Å²) in [6, 6.07) is 7.85. The Kier molecular flexibility index (Phi) is 5.53. The lowest BCUT2D eigenvalue weighted by atomic mass is 10.1. The smallest absolute Gasteiger partial charge is 0.0427 e. The number of benzene rings is 1. The summed E-state index contributed by atoms with van der Waals surface area (Å²) in [5.74, 6) is 0. The van der Waals surface area contributed by atoms with E-state index in [1.807, 2.05) is 6.07 Å². The average Bonchev–Trinajstić information content (AvgIpc) is 2.42. The van der Waals surface area contributed by atoms with Gasteiger partial charge in [-0.1, -0.05) is 31.5 Å². The van der Waals surface area contributed by atoms with Gasteiger partial charge >= 0.3 is 0 Å². The van der Waals surface area contributed by atoms with Gasteiger partial charge in [0.1, 0.15) is 0 Å². The van der Waals surface area contributed by atoms with Crippen molar-refractivity contribution in [1.82, 2.24) is 10.2 Å². The standard InChI is InChI=1S/C17H28ClN3/c1-12(2)19-9-15-6-7-16(18)8-17(15)21-10-13(3)20(5)14(4)11-21/h6-8,12-14,19H,9-11H2,1-5H3. The number of likely N-dealkylation sites (N-methyl/N-ethyl adjacent to an activating group) is 1. The summed E-state index contributed by atoms with van der Waals surface area (Å²) in [5.41, 5.74) is 2.61. The van der Waals surface area contributed by atoms with E-state index in [1.165, 1.54) is 11.3 Å². The first kappa shape index (κ1) is 16.6. The minimum absolute atomic E-state index is 0.485. The molecule has 21 heavy (non-hydrogen) atoms. The van der Waals surface area contributed by atoms with Crippen LogP contribution in [0.25, 0.3) is 0 Å². The van der Waals surface area contributed by atoms with Crippen molar-refractivity contribution in [1.29, 1.82) is 0 Å². The molecule has 1 N–H and O–H groups in total. The van der Waals surface area contributed by atoms with E-state index in [0.29, 0.717) is 18.1 Å². The van der Waals surface area contributed by atoms with Crippen molar-refractivity contribution < 1.29 is 0 Å². The van der Waals surface area contributed by atoms with Crippen LogP contribution in [0.4, 0.5) is 5.69 Å². The van der Waals surface area contributed by atoms with Gasteiger partial charge in [0.2, 0.25) is 0 Å². The summed E-state index contributed by atoms with van der Waals surface area (Å²) in [4.78, 5) is 4.94. The van der Waals surface area contributed by atoms with Crippen molar-refractivity contribution in [2.45, 2.75) is 52.4 Å². The van der Waals surface area contributed by atoms with Gasteiger partial charge in [-0.3, -0.25) is 4.90 Å². The molecule has 1 aromatic rings. The molecule has 1 heterocycles. The molecule has 1 aliphatic heterocycles. The van der Waals surface area contributed by atoms with Gasteiger partial charge in [0.25, 0.3) is 0 Å². The zero-order valence-corrected chi connectivity index (χ0v) is 14.6. The van der Waals surface area contributed by atoms with Crippen molar-refractivity contribution in [3.8, 4) is 0 Å². The minimum Gasteiger partial charge on any atom is -0.368 e. The predicted molar refractivity (Wildman–Crippen MR) is 92.3 cm³/mol. The number of hydrogen-bond donors (Lipinski definition) is 1. The normalized spacial score (nSPS) is 23.9. The number of rotatable bonds is 4. The average molecular weight is 310 g/mol. The third kappa shape index (κ3) is 4.12. The summed E-state index contributed by atoms with van der Waals surface area (Å²) in [6.07, 6.45) is 0. The van der Waals surface area contributed by atoms with E-state index in [0.717, 1.165) is 24.7 Å². The summed E-state index contributed by atoms with van der Waals surface area (Å²) < 4.78 is 0. The molecule has 2 atom stereocenters. The molecule has 0 saturated carbocycles. The molecule has 1 fully saturated rings. The molecule has 1 aliphatic rings.